The zero-order valence-electron chi connectivity index (χ0n) is 24.7. The second kappa shape index (κ2) is 14.0. The molecule has 1 saturated heterocycles. The average molecular weight is 642 g/mol. The van der Waals surface area contributed by atoms with Crippen LogP contribution < -0.4 is 14.9 Å². The van der Waals surface area contributed by atoms with Crippen molar-refractivity contribution in [1.29, 1.82) is 0 Å². The monoisotopic (exact) mass is 641 g/mol. The highest BCUT2D eigenvalue weighted by Gasteiger charge is 2.27. The largest absolute Gasteiger partial charge is 0.444 e. The van der Waals surface area contributed by atoms with Crippen molar-refractivity contribution in [3.63, 3.8) is 0 Å². The van der Waals surface area contributed by atoms with Crippen LogP contribution >= 0.6 is 11.8 Å². The van der Waals surface area contributed by atoms with Gasteiger partial charge < -0.3 is 19.9 Å². The first-order valence-electron chi connectivity index (χ1n) is 13.9. The topological polar surface area (TPSA) is 151 Å². The fraction of sp³-hybridized carbons (Fsp3) is 0.333. The highest BCUT2D eigenvalue weighted by Crippen LogP contribution is 2.28. The number of amides is 2. The molecule has 0 spiro atoms. The van der Waals surface area contributed by atoms with E-state index in [1.165, 1.54) is 24.3 Å². The van der Waals surface area contributed by atoms with Gasteiger partial charge in [-0.2, -0.15) is 0 Å². The van der Waals surface area contributed by atoms with Crippen molar-refractivity contribution < 1.29 is 27.7 Å². The van der Waals surface area contributed by atoms with Crippen molar-refractivity contribution in [3.8, 4) is 0 Å². The van der Waals surface area contributed by atoms with Crippen molar-refractivity contribution in [3.05, 3.63) is 88.5 Å². The third kappa shape index (κ3) is 8.86. The number of sulfonamides is 1. The van der Waals surface area contributed by atoms with Crippen LogP contribution in [0.5, 0.6) is 0 Å². The molecule has 2 amide bonds. The number of nitro groups is 1. The van der Waals surface area contributed by atoms with Gasteiger partial charge in [-0.3, -0.25) is 14.9 Å². The summed E-state index contributed by atoms with van der Waals surface area (Å²) < 4.78 is 33.4. The summed E-state index contributed by atoms with van der Waals surface area (Å²) in [4.78, 5) is 40.5. The lowest BCUT2D eigenvalue weighted by molar-refractivity contribution is -0.384. The summed E-state index contributed by atoms with van der Waals surface area (Å²) in [5.74, 6) is -0.229. The number of thioether (sulfide) groups is 1. The lowest BCUT2D eigenvalue weighted by atomic mass is 10.1. The van der Waals surface area contributed by atoms with Crippen molar-refractivity contribution >= 4 is 50.8 Å². The number of rotatable bonds is 10. The van der Waals surface area contributed by atoms with Gasteiger partial charge in [-0.25, -0.2) is 17.9 Å². The first-order chi connectivity index (χ1) is 20.8. The minimum atomic E-state index is -4.40. The minimum absolute atomic E-state index is 0.105. The molecule has 12 nitrogen and oxygen atoms in total. The highest BCUT2D eigenvalue weighted by atomic mass is 32.2. The molecule has 14 heteroatoms. The van der Waals surface area contributed by atoms with Crippen molar-refractivity contribution in [2.75, 3.05) is 48.7 Å². The SMILES string of the molecule is CC(C)(C)OC(=O)N1CCN(c2ccc(C(=O)NS(=O)(=O)c3ccc(NCCSc4ccccc4)c([N+](=O)[O-])c3)cc2)CC1. The van der Waals surface area contributed by atoms with E-state index in [2.05, 4.69) is 5.32 Å². The molecule has 1 heterocycles. The molecule has 0 saturated carbocycles. The molecule has 0 bridgehead atoms. The summed E-state index contributed by atoms with van der Waals surface area (Å²) in [6.45, 7) is 7.94. The van der Waals surface area contributed by atoms with E-state index in [-0.39, 0.29) is 17.3 Å². The molecule has 0 radical (unpaired) electrons. The van der Waals surface area contributed by atoms with E-state index >= 15 is 0 Å². The predicted octanol–water partition coefficient (Wildman–Crippen LogP) is 4.97. The van der Waals surface area contributed by atoms with Gasteiger partial charge in [-0.05, 0) is 69.3 Å². The molecular weight excluding hydrogens is 606 g/mol. The third-order valence-electron chi connectivity index (χ3n) is 6.56. The zero-order valence-corrected chi connectivity index (χ0v) is 26.3. The molecule has 44 heavy (non-hydrogen) atoms. The Morgan fingerprint density at radius 3 is 2.25 bits per heavy atom. The Balaban J connectivity index is 1.34. The van der Waals surface area contributed by atoms with Crippen LogP contribution in [0.2, 0.25) is 0 Å². The average Bonchev–Trinajstić information content (AvgIpc) is 2.99. The van der Waals surface area contributed by atoms with Crippen LogP contribution in [0.25, 0.3) is 0 Å². The van der Waals surface area contributed by atoms with Crippen LogP contribution in [0, 0.1) is 10.1 Å². The molecule has 1 fully saturated rings. The van der Waals surface area contributed by atoms with Crippen LogP contribution in [0.4, 0.5) is 21.9 Å². The number of piperazine rings is 1. The smallest absolute Gasteiger partial charge is 0.410 e. The number of ether oxygens (including phenoxy) is 1. The standard InChI is InChI=1S/C30H35N5O7S2/c1-30(2,3)42-29(37)34-18-16-33(17-19-34)23-11-9-22(10-12-23)28(36)32-44(40,41)25-13-14-26(27(21-25)35(38)39)31-15-20-43-24-7-5-4-6-8-24/h4-14,21,31H,15-20H2,1-3H3,(H,32,36). The number of hydrogen-bond acceptors (Lipinski definition) is 10. The number of carbonyl (C=O) groups is 2. The van der Waals surface area contributed by atoms with Crippen LogP contribution in [0.15, 0.2) is 82.6 Å². The summed E-state index contributed by atoms with van der Waals surface area (Å²) in [5, 5.41) is 14.7. The Morgan fingerprint density at radius 2 is 1.64 bits per heavy atom. The molecule has 4 rings (SSSR count). The van der Waals surface area contributed by atoms with E-state index in [9.17, 15) is 28.1 Å². The second-order valence-electron chi connectivity index (χ2n) is 11.0. The zero-order chi connectivity index (χ0) is 31.9. The molecule has 1 aliphatic rings. The van der Waals surface area contributed by atoms with Crippen LogP contribution in [0.3, 0.4) is 0 Å². The third-order valence-corrected chi connectivity index (χ3v) is 8.90. The number of nitro benzene ring substituents is 1. The molecule has 3 aromatic rings. The first kappa shape index (κ1) is 32.6. The van der Waals surface area contributed by atoms with Crippen molar-refractivity contribution in [2.24, 2.45) is 0 Å². The van der Waals surface area contributed by atoms with Crippen molar-refractivity contribution in [2.45, 2.75) is 36.2 Å². The van der Waals surface area contributed by atoms with Gasteiger partial charge in [-0.15, -0.1) is 11.8 Å². The quantitative estimate of drug-likeness (QED) is 0.134. The minimum Gasteiger partial charge on any atom is -0.444 e. The van der Waals surface area contributed by atoms with E-state index in [4.69, 9.17) is 4.74 Å². The first-order valence-corrected chi connectivity index (χ1v) is 16.4. The van der Waals surface area contributed by atoms with Gasteiger partial charge in [0.15, 0.2) is 0 Å². The number of hydrogen-bond donors (Lipinski definition) is 2. The molecule has 0 atom stereocenters. The number of nitrogens with zero attached hydrogens (tertiary/aromatic N) is 3. The van der Waals surface area contributed by atoms with E-state index in [1.54, 1.807) is 28.8 Å². The van der Waals surface area contributed by atoms with Gasteiger partial charge in [-0.1, -0.05) is 18.2 Å². The highest BCUT2D eigenvalue weighted by molar-refractivity contribution is 7.99. The van der Waals surface area contributed by atoms with Crippen LogP contribution in [-0.4, -0.2) is 74.3 Å². The lowest BCUT2D eigenvalue weighted by Crippen LogP contribution is -2.50. The lowest BCUT2D eigenvalue weighted by Gasteiger charge is -2.36. The Labute approximate surface area is 261 Å². The predicted molar refractivity (Wildman–Crippen MR) is 170 cm³/mol. The molecule has 2 N–H and O–H groups in total. The summed E-state index contributed by atoms with van der Waals surface area (Å²) in [7, 11) is -4.40. The summed E-state index contributed by atoms with van der Waals surface area (Å²) >= 11 is 1.58. The van der Waals surface area contributed by atoms with Crippen molar-refractivity contribution in [1.82, 2.24) is 9.62 Å². The van der Waals surface area contributed by atoms with Gasteiger partial charge in [0.05, 0.1) is 9.82 Å². The van der Waals surface area contributed by atoms with Crippen LogP contribution in [-0.2, 0) is 14.8 Å². The summed E-state index contributed by atoms with van der Waals surface area (Å²) in [6, 6.07) is 19.6. The van der Waals surface area contributed by atoms with Gasteiger partial charge in [0.25, 0.3) is 21.6 Å². The second-order valence-corrected chi connectivity index (χ2v) is 13.8. The van der Waals surface area contributed by atoms with E-state index in [0.29, 0.717) is 38.5 Å². The number of carbonyl (C=O) groups excluding carboxylic acids is 2. The molecule has 0 aromatic heterocycles. The molecule has 234 valence electrons. The molecule has 0 unspecified atom stereocenters. The maximum Gasteiger partial charge on any atom is 0.410 e. The molecule has 0 aliphatic carbocycles. The fourth-order valence-electron chi connectivity index (χ4n) is 4.39. The van der Waals surface area contributed by atoms with Gasteiger partial charge >= 0.3 is 6.09 Å². The Bertz CT molecular complexity index is 1590. The molecular formula is C30H35N5O7S2. The van der Waals surface area contributed by atoms with E-state index < -0.39 is 37.0 Å². The normalized spacial score (nSPS) is 13.7. The Kier molecular flexibility index (Phi) is 10.4. The van der Waals surface area contributed by atoms with E-state index in [1.807, 2.05) is 60.7 Å². The van der Waals surface area contributed by atoms with Crippen LogP contribution in [0.1, 0.15) is 31.1 Å². The maximum absolute atomic E-state index is 13.0. The maximum atomic E-state index is 13.0. The van der Waals surface area contributed by atoms with Gasteiger partial charge in [0.1, 0.15) is 11.3 Å². The Hall–Kier alpha value is -4.30. The van der Waals surface area contributed by atoms with Gasteiger partial charge in [0, 0.05) is 60.7 Å². The number of anilines is 2. The summed E-state index contributed by atoms with van der Waals surface area (Å²) in [6.07, 6.45) is -0.362. The Morgan fingerprint density at radius 1 is 0.977 bits per heavy atom. The number of benzene rings is 3. The van der Waals surface area contributed by atoms with E-state index in [0.717, 1.165) is 16.6 Å². The molecule has 1 aliphatic heterocycles. The number of nitrogens with one attached hydrogen (secondary N) is 2. The fourth-order valence-corrected chi connectivity index (χ4v) is 6.17. The molecule has 3 aromatic carbocycles. The van der Waals surface area contributed by atoms with Gasteiger partial charge in [0.2, 0.25) is 0 Å². The summed E-state index contributed by atoms with van der Waals surface area (Å²) in [5.41, 5.74) is 0.107.